The van der Waals surface area contributed by atoms with E-state index in [0.717, 1.165) is 24.1 Å². The van der Waals surface area contributed by atoms with Crippen LogP contribution in [0.5, 0.6) is 5.88 Å². The highest BCUT2D eigenvalue weighted by molar-refractivity contribution is 9.09. The molecule has 0 aliphatic carbocycles. The van der Waals surface area contributed by atoms with E-state index in [1.165, 1.54) is 0 Å². The van der Waals surface area contributed by atoms with Crippen molar-refractivity contribution in [3.8, 4) is 5.88 Å². The van der Waals surface area contributed by atoms with Crippen molar-refractivity contribution in [2.24, 2.45) is 0 Å². The van der Waals surface area contributed by atoms with Crippen molar-refractivity contribution in [2.45, 2.75) is 33.2 Å². The molecular weight excluding hydrogens is 282 g/mol. The fraction of sp³-hybridized carbons (Fsp3) is 0.667. The minimum absolute atomic E-state index is 0.403. The predicted octanol–water partition coefficient (Wildman–Crippen LogP) is 2.88. The van der Waals surface area contributed by atoms with Crippen LogP contribution >= 0.6 is 15.9 Å². The van der Waals surface area contributed by atoms with Crippen molar-refractivity contribution in [1.82, 2.24) is 9.97 Å². The Balaban J connectivity index is 2.81. The van der Waals surface area contributed by atoms with Gasteiger partial charge in [-0.15, -0.1) is 0 Å². The van der Waals surface area contributed by atoms with Gasteiger partial charge in [0, 0.05) is 17.9 Å². The van der Waals surface area contributed by atoms with Gasteiger partial charge in [-0.2, -0.15) is 4.98 Å². The number of alkyl halides is 1. The standard InChI is InChI=1S/C12H20BrN3O/c1-4-17-12-9-14-8-11(15-12)16(10(2)3)7-5-6-13/h8-10H,4-7H2,1-3H3. The van der Waals surface area contributed by atoms with E-state index in [2.05, 4.69) is 44.6 Å². The average molecular weight is 302 g/mol. The highest BCUT2D eigenvalue weighted by Crippen LogP contribution is 2.17. The lowest BCUT2D eigenvalue weighted by atomic mass is 10.3. The monoisotopic (exact) mass is 301 g/mol. The van der Waals surface area contributed by atoms with Crippen LogP contribution in [0, 0.1) is 0 Å². The summed E-state index contributed by atoms with van der Waals surface area (Å²) in [5.41, 5.74) is 0. The Labute approximate surface area is 112 Å². The van der Waals surface area contributed by atoms with Gasteiger partial charge in [-0.25, -0.2) is 0 Å². The third-order valence-electron chi connectivity index (χ3n) is 2.34. The maximum atomic E-state index is 5.37. The molecule has 0 atom stereocenters. The van der Waals surface area contributed by atoms with Gasteiger partial charge in [-0.05, 0) is 27.2 Å². The van der Waals surface area contributed by atoms with Crippen molar-refractivity contribution in [2.75, 3.05) is 23.4 Å². The molecule has 1 aromatic rings. The molecule has 1 heterocycles. The fourth-order valence-electron chi connectivity index (χ4n) is 1.56. The van der Waals surface area contributed by atoms with E-state index in [1.807, 2.05) is 6.92 Å². The van der Waals surface area contributed by atoms with Crippen LogP contribution in [0.3, 0.4) is 0 Å². The molecule has 0 amide bonds. The zero-order valence-corrected chi connectivity index (χ0v) is 12.3. The Hall–Kier alpha value is -0.840. The summed E-state index contributed by atoms with van der Waals surface area (Å²) in [6, 6.07) is 0.403. The summed E-state index contributed by atoms with van der Waals surface area (Å²) in [7, 11) is 0. The minimum atomic E-state index is 0.403. The summed E-state index contributed by atoms with van der Waals surface area (Å²) < 4.78 is 5.37. The number of halogens is 1. The molecule has 0 saturated carbocycles. The third kappa shape index (κ3) is 4.50. The molecule has 1 aromatic heterocycles. The molecule has 0 fully saturated rings. The lowest BCUT2D eigenvalue weighted by Gasteiger charge is -2.27. The summed E-state index contributed by atoms with van der Waals surface area (Å²) in [6.07, 6.45) is 4.52. The number of hydrogen-bond acceptors (Lipinski definition) is 4. The highest BCUT2D eigenvalue weighted by atomic mass is 79.9. The molecule has 0 aliphatic rings. The number of hydrogen-bond donors (Lipinski definition) is 0. The van der Waals surface area contributed by atoms with Crippen LogP contribution in [0.15, 0.2) is 12.4 Å². The van der Waals surface area contributed by atoms with E-state index >= 15 is 0 Å². The van der Waals surface area contributed by atoms with Gasteiger partial charge < -0.3 is 9.64 Å². The van der Waals surface area contributed by atoms with Crippen LogP contribution in [-0.2, 0) is 0 Å². The molecule has 0 radical (unpaired) electrons. The molecule has 17 heavy (non-hydrogen) atoms. The Bertz CT molecular complexity index is 333. The zero-order valence-electron chi connectivity index (χ0n) is 10.7. The molecule has 0 aromatic carbocycles. The summed E-state index contributed by atoms with van der Waals surface area (Å²) >= 11 is 3.45. The molecule has 1 rings (SSSR count). The first-order chi connectivity index (χ1) is 8.19. The van der Waals surface area contributed by atoms with Crippen molar-refractivity contribution < 1.29 is 4.74 Å². The molecule has 0 N–H and O–H groups in total. The first kappa shape index (κ1) is 14.2. The SMILES string of the molecule is CCOc1cncc(N(CCCBr)C(C)C)n1. The van der Waals surface area contributed by atoms with Gasteiger partial charge in [0.05, 0.1) is 19.0 Å². The normalized spacial score (nSPS) is 10.6. The number of rotatable bonds is 7. The third-order valence-corrected chi connectivity index (χ3v) is 2.90. The maximum absolute atomic E-state index is 5.37. The largest absolute Gasteiger partial charge is 0.477 e. The van der Waals surface area contributed by atoms with Crippen LogP contribution in [0.25, 0.3) is 0 Å². The van der Waals surface area contributed by atoms with E-state index in [9.17, 15) is 0 Å². The number of nitrogens with zero attached hydrogens (tertiary/aromatic N) is 3. The lowest BCUT2D eigenvalue weighted by Crippen LogP contribution is -2.32. The topological polar surface area (TPSA) is 38.2 Å². The maximum Gasteiger partial charge on any atom is 0.234 e. The van der Waals surface area contributed by atoms with Crippen molar-refractivity contribution >= 4 is 21.7 Å². The minimum Gasteiger partial charge on any atom is -0.477 e. The molecule has 5 heteroatoms. The summed E-state index contributed by atoms with van der Waals surface area (Å²) in [4.78, 5) is 10.9. The molecule has 0 unspecified atom stereocenters. The van der Waals surface area contributed by atoms with Crippen molar-refractivity contribution in [3.05, 3.63) is 12.4 Å². The van der Waals surface area contributed by atoms with Gasteiger partial charge in [-0.3, -0.25) is 4.98 Å². The Morgan fingerprint density at radius 1 is 1.41 bits per heavy atom. The Kier molecular flexibility index (Phi) is 6.26. The molecule has 0 saturated heterocycles. The summed E-state index contributed by atoms with van der Waals surface area (Å²) in [5.74, 6) is 1.47. The van der Waals surface area contributed by atoms with Crippen molar-refractivity contribution in [3.63, 3.8) is 0 Å². The molecule has 96 valence electrons. The Morgan fingerprint density at radius 2 is 2.18 bits per heavy atom. The number of aromatic nitrogens is 2. The van der Waals surface area contributed by atoms with Gasteiger partial charge >= 0.3 is 0 Å². The van der Waals surface area contributed by atoms with Crippen LogP contribution in [0.1, 0.15) is 27.2 Å². The number of anilines is 1. The van der Waals surface area contributed by atoms with Crippen molar-refractivity contribution in [1.29, 1.82) is 0 Å². The van der Waals surface area contributed by atoms with E-state index in [-0.39, 0.29) is 0 Å². The first-order valence-corrected chi connectivity index (χ1v) is 7.08. The van der Waals surface area contributed by atoms with Crippen LogP contribution in [0.2, 0.25) is 0 Å². The lowest BCUT2D eigenvalue weighted by molar-refractivity contribution is 0.325. The molecule has 4 nitrogen and oxygen atoms in total. The van der Waals surface area contributed by atoms with E-state index in [4.69, 9.17) is 4.74 Å². The zero-order chi connectivity index (χ0) is 12.7. The summed E-state index contributed by atoms with van der Waals surface area (Å²) in [5, 5.41) is 0.995. The van der Waals surface area contributed by atoms with Gasteiger partial charge in [0.15, 0.2) is 5.82 Å². The van der Waals surface area contributed by atoms with Gasteiger partial charge in [0.1, 0.15) is 0 Å². The van der Waals surface area contributed by atoms with Gasteiger partial charge in [0.2, 0.25) is 5.88 Å². The van der Waals surface area contributed by atoms with Crippen LogP contribution < -0.4 is 9.64 Å². The summed E-state index contributed by atoms with van der Waals surface area (Å²) in [6.45, 7) is 7.83. The van der Waals surface area contributed by atoms with Gasteiger partial charge in [0.25, 0.3) is 0 Å². The van der Waals surface area contributed by atoms with E-state index in [0.29, 0.717) is 18.5 Å². The second kappa shape index (κ2) is 7.48. The molecular formula is C12H20BrN3O. The van der Waals surface area contributed by atoms with Crippen LogP contribution in [-0.4, -0.2) is 34.5 Å². The van der Waals surface area contributed by atoms with Gasteiger partial charge in [-0.1, -0.05) is 15.9 Å². The molecule has 0 bridgehead atoms. The average Bonchev–Trinajstić information content (AvgIpc) is 2.30. The fourth-order valence-corrected chi connectivity index (χ4v) is 1.81. The second-order valence-electron chi connectivity index (χ2n) is 3.98. The molecule has 0 aliphatic heterocycles. The highest BCUT2D eigenvalue weighted by Gasteiger charge is 2.12. The van der Waals surface area contributed by atoms with Crippen LogP contribution in [0.4, 0.5) is 5.82 Å². The van der Waals surface area contributed by atoms with E-state index < -0.39 is 0 Å². The first-order valence-electron chi connectivity index (χ1n) is 5.96. The second-order valence-corrected chi connectivity index (χ2v) is 4.77. The quantitative estimate of drug-likeness (QED) is 0.726. The predicted molar refractivity (Wildman–Crippen MR) is 74.1 cm³/mol. The Morgan fingerprint density at radius 3 is 2.76 bits per heavy atom. The smallest absolute Gasteiger partial charge is 0.234 e. The number of ether oxygens (including phenoxy) is 1. The molecule has 0 spiro atoms. The van der Waals surface area contributed by atoms with E-state index in [1.54, 1.807) is 12.4 Å².